The summed E-state index contributed by atoms with van der Waals surface area (Å²) in [6.45, 7) is 4.14. The van der Waals surface area contributed by atoms with E-state index in [2.05, 4.69) is 13.8 Å². The highest BCUT2D eigenvalue weighted by atomic mass is 16.3. The van der Waals surface area contributed by atoms with Crippen molar-refractivity contribution in [3.05, 3.63) is 48.0 Å². The van der Waals surface area contributed by atoms with Gasteiger partial charge >= 0.3 is 0 Å². The fourth-order valence-corrected chi connectivity index (χ4v) is 2.78. The van der Waals surface area contributed by atoms with Gasteiger partial charge in [0.25, 0.3) is 0 Å². The van der Waals surface area contributed by atoms with Crippen LogP contribution in [-0.2, 0) is 0 Å². The number of aromatic hydroxyl groups is 2. The van der Waals surface area contributed by atoms with Crippen LogP contribution < -0.4 is 0 Å². The van der Waals surface area contributed by atoms with Crippen LogP contribution in [0.25, 0.3) is 21.5 Å². The van der Waals surface area contributed by atoms with Gasteiger partial charge in [-0.25, -0.2) is 0 Å². The number of phenols is 2. The van der Waals surface area contributed by atoms with Gasteiger partial charge in [-0.3, -0.25) is 0 Å². The molecule has 2 N–H and O–H groups in total. The van der Waals surface area contributed by atoms with E-state index in [1.54, 1.807) is 12.1 Å². The summed E-state index contributed by atoms with van der Waals surface area (Å²) in [5, 5.41) is 23.9. The van der Waals surface area contributed by atoms with Gasteiger partial charge in [0.15, 0.2) is 0 Å². The molecule has 0 bridgehead atoms. The maximum Gasteiger partial charge on any atom is 0.123 e. The van der Waals surface area contributed by atoms with E-state index < -0.39 is 0 Å². The fraction of sp³-hybridized carbons (Fsp3) is 0.176. The Labute approximate surface area is 111 Å². The smallest absolute Gasteiger partial charge is 0.123 e. The van der Waals surface area contributed by atoms with E-state index in [4.69, 9.17) is 0 Å². The Kier molecular flexibility index (Phi) is 2.59. The molecule has 0 saturated carbocycles. The topological polar surface area (TPSA) is 40.5 Å². The van der Waals surface area contributed by atoms with Crippen LogP contribution in [0.4, 0.5) is 0 Å². The summed E-state index contributed by atoms with van der Waals surface area (Å²) in [6.07, 6.45) is 0. The first kappa shape index (κ1) is 11.8. The minimum atomic E-state index is 0.249. The molecule has 3 aromatic rings. The molecule has 2 nitrogen and oxygen atoms in total. The molecule has 0 aliphatic carbocycles. The lowest BCUT2D eigenvalue weighted by atomic mass is 9.92. The van der Waals surface area contributed by atoms with Crippen LogP contribution in [0.5, 0.6) is 11.5 Å². The second-order valence-corrected chi connectivity index (χ2v) is 5.19. The van der Waals surface area contributed by atoms with Gasteiger partial charge in [0.2, 0.25) is 0 Å². The average Bonchev–Trinajstić information content (AvgIpc) is 2.37. The average molecular weight is 252 g/mol. The van der Waals surface area contributed by atoms with Crippen LogP contribution >= 0.6 is 0 Å². The molecule has 0 radical (unpaired) electrons. The lowest BCUT2D eigenvalue weighted by molar-refractivity contribution is 0.466. The number of benzene rings is 3. The molecule has 96 valence electrons. The lowest BCUT2D eigenvalue weighted by Gasteiger charge is -2.14. The first-order chi connectivity index (χ1) is 9.09. The molecular formula is C17H16O2. The van der Waals surface area contributed by atoms with Gasteiger partial charge in [0.05, 0.1) is 0 Å². The van der Waals surface area contributed by atoms with Crippen molar-refractivity contribution < 1.29 is 10.2 Å². The molecule has 0 spiro atoms. The van der Waals surface area contributed by atoms with Gasteiger partial charge in [-0.1, -0.05) is 44.2 Å². The molecule has 0 saturated heterocycles. The second kappa shape index (κ2) is 4.16. The summed E-state index contributed by atoms with van der Waals surface area (Å²) in [4.78, 5) is 0. The summed E-state index contributed by atoms with van der Waals surface area (Å²) in [5.41, 5.74) is 0.961. The van der Waals surface area contributed by atoms with Crippen LogP contribution in [-0.4, -0.2) is 10.2 Å². The van der Waals surface area contributed by atoms with Crippen molar-refractivity contribution in [1.29, 1.82) is 0 Å². The lowest BCUT2D eigenvalue weighted by Crippen LogP contribution is -1.91. The minimum absolute atomic E-state index is 0.249. The van der Waals surface area contributed by atoms with Crippen molar-refractivity contribution in [3.63, 3.8) is 0 Å². The minimum Gasteiger partial charge on any atom is -0.508 e. The van der Waals surface area contributed by atoms with E-state index in [1.807, 2.05) is 30.3 Å². The number of phenolic OH excluding ortho intramolecular Hbond substituents is 2. The SMILES string of the molecule is CC(C)c1c(O)ccc2c1ccc1c(O)cccc12. The maximum atomic E-state index is 10.1. The molecular weight excluding hydrogens is 236 g/mol. The van der Waals surface area contributed by atoms with Crippen molar-refractivity contribution in [2.75, 3.05) is 0 Å². The van der Waals surface area contributed by atoms with E-state index in [-0.39, 0.29) is 5.92 Å². The van der Waals surface area contributed by atoms with Crippen molar-refractivity contribution in [3.8, 4) is 11.5 Å². The largest absolute Gasteiger partial charge is 0.508 e. The van der Waals surface area contributed by atoms with E-state index in [0.717, 1.165) is 27.1 Å². The predicted molar refractivity (Wildman–Crippen MR) is 78.9 cm³/mol. The monoisotopic (exact) mass is 252 g/mol. The van der Waals surface area contributed by atoms with Gasteiger partial charge in [-0.15, -0.1) is 0 Å². The molecule has 0 fully saturated rings. The molecule has 0 heterocycles. The molecule has 0 atom stereocenters. The summed E-state index contributed by atoms with van der Waals surface area (Å²) in [7, 11) is 0. The number of hydrogen-bond donors (Lipinski definition) is 2. The van der Waals surface area contributed by atoms with E-state index in [1.165, 1.54) is 0 Å². The Morgan fingerprint density at radius 1 is 0.684 bits per heavy atom. The third-order valence-corrected chi connectivity index (χ3v) is 3.63. The molecule has 0 aliphatic rings. The highest BCUT2D eigenvalue weighted by Gasteiger charge is 2.12. The Morgan fingerprint density at radius 2 is 1.32 bits per heavy atom. The van der Waals surface area contributed by atoms with E-state index in [0.29, 0.717) is 11.5 Å². The van der Waals surface area contributed by atoms with Crippen molar-refractivity contribution >= 4 is 21.5 Å². The quantitative estimate of drug-likeness (QED) is 0.625. The Morgan fingerprint density at radius 3 is 2.05 bits per heavy atom. The normalized spacial score (nSPS) is 11.5. The first-order valence-corrected chi connectivity index (χ1v) is 6.46. The van der Waals surface area contributed by atoms with E-state index in [9.17, 15) is 10.2 Å². The fourth-order valence-electron chi connectivity index (χ4n) is 2.78. The summed E-state index contributed by atoms with van der Waals surface area (Å²) < 4.78 is 0. The van der Waals surface area contributed by atoms with Gasteiger partial charge in [0, 0.05) is 10.9 Å². The summed E-state index contributed by atoms with van der Waals surface area (Å²) in [5.74, 6) is 0.874. The Balaban J connectivity index is 2.52. The van der Waals surface area contributed by atoms with Crippen molar-refractivity contribution in [2.24, 2.45) is 0 Å². The first-order valence-electron chi connectivity index (χ1n) is 6.46. The zero-order valence-corrected chi connectivity index (χ0v) is 11.0. The zero-order chi connectivity index (χ0) is 13.6. The molecule has 3 aromatic carbocycles. The summed E-state index contributed by atoms with van der Waals surface area (Å²) >= 11 is 0. The standard InChI is InChI=1S/C17H16O2/c1-10(2)17-14-7-6-13-11(4-3-5-15(13)18)12(14)8-9-16(17)19/h3-10,18-19H,1-2H3. The van der Waals surface area contributed by atoms with Crippen LogP contribution in [0.1, 0.15) is 25.3 Å². The third kappa shape index (κ3) is 1.72. The second-order valence-electron chi connectivity index (χ2n) is 5.19. The van der Waals surface area contributed by atoms with Crippen molar-refractivity contribution in [1.82, 2.24) is 0 Å². The third-order valence-electron chi connectivity index (χ3n) is 3.63. The molecule has 0 unspecified atom stereocenters. The van der Waals surface area contributed by atoms with Gasteiger partial charge in [0.1, 0.15) is 11.5 Å². The number of rotatable bonds is 1. The van der Waals surface area contributed by atoms with Crippen LogP contribution in [0.15, 0.2) is 42.5 Å². The molecule has 3 rings (SSSR count). The van der Waals surface area contributed by atoms with Gasteiger partial charge < -0.3 is 10.2 Å². The summed E-state index contributed by atoms with van der Waals surface area (Å²) in [6, 6.07) is 13.1. The molecule has 0 aliphatic heterocycles. The van der Waals surface area contributed by atoms with E-state index >= 15 is 0 Å². The van der Waals surface area contributed by atoms with Crippen molar-refractivity contribution in [2.45, 2.75) is 19.8 Å². The molecule has 0 aromatic heterocycles. The number of fused-ring (bicyclic) bond motifs is 3. The predicted octanol–water partition coefficient (Wildman–Crippen LogP) is 4.53. The van der Waals surface area contributed by atoms with Gasteiger partial charge in [-0.2, -0.15) is 0 Å². The van der Waals surface area contributed by atoms with Crippen LogP contribution in [0.2, 0.25) is 0 Å². The Hall–Kier alpha value is -2.22. The Bertz CT molecular complexity index is 773. The highest BCUT2D eigenvalue weighted by molar-refractivity contribution is 6.10. The van der Waals surface area contributed by atoms with Gasteiger partial charge in [-0.05, 0) is 34.2 Å². The highest BCUT2D eigenvalue weighted by Crippen LogP contribution is 2.38. The zero-order valence-electron chi connectivity index (χ0n) is 11.0. The molecule has 0 amide bonds. The van der Waals surface area contributed by atoms with Crippen LogP contribution in [0, 0.1) is 0 Å². The maximum absolute atomic E-state index is 10.1. The number of hydrogen-bond acceptors (Lipinski definition) is 2. The molecule has 2 heteroatoms. The van der Waals surface area contributed by atoms with Crippen LogP contribution in [0.3, 0.4) is 0 Å². The molecule has 19 heavy (non-hydrogen) atoms.